The van der Waals surface area contributed by atoms with Gasteiger partial charge in [0.25, 0.3) is 0 Å². The zero-order valence-electron chi connectivity index (χ0n) is 22.6. The predicted molar refractivity (Wildman–Crippen MR) is 142 cm³/mol. The number of aliphatic hydroxyl groups is 1. The fourth-order valence-electron chi connectivity index (χ4n) is 9.62. The summed E-state index contributed by atoms with van der Waals surface area (Å²) < 4.78 is 5.87. The fraction of sp³-hybridized carbons (Fsp3) is 0.833. The normalized spacial score (nSPS) is 45.5. The standard InChI is InChI=1S/C30H49N3O3/c1-29-15-14-24-22(10-9-20-17-21(34)13-16-30(20,24)19-36-2)23(29)11-12-25(29)28(35)18-32-33-27-8-6-4-3-5-7-26(27)31/h3,5,20-25,32-34H,4,6-19,31H2,1-2H3/b5-3-,27-26+/t20-,21+,22-,23-,24-,25+,29-,30+/m0/s1. The second-order valence-corrected chi connectivity index (χ2v) is 12.9. The van der Waals surface area contributed by atoms with Crippen molar-refractivity contribution < 1.29 is 14.6 Å². The maximum atomic E-state index is 13.5. The lowest BCUT2D eigenvalue weighted by Crippen LogP contribution is -2.57. The van der Waals surface area contributed by atoms with Crippen molar-refractivity contribution in [3.8, 4) is 0 Å². The number of nitrogens with one attached hydrogen (secondary N) is 2. The van der Waals surface area contributed by atoms with Crippen LogP contribution in [0, 0.1) is 40.4 Å². The summed E-state index contributed by atoms with van der Waals surface area (Å²) >= 11 is 0. The molecule has 4 saturated carbocycles. The molecule has 0 aliphatic heterocycles. The molecule has 0 radical (unpaired) electrons. The highest BCUT2D eigenvalue weighted by atomic mass is 16.5. The van der Waals surface area contributed by atoms with E-state index < -0.39 is 0 Å². The van der Waals surface area contributed by atoms with Crippen LogP contribution in [0.15, 0.2) is 23.5 Å². The highest BCUT2D eigenvalue weighted by Crippen LogP contribution is 2.67. The monoisotopic (exact) mass is 499 g/mol. The Morgan fingerprint density at radius 1 is 1.14 bits per heavy atom. The minimum atomic E-state index is -0.134. The van der Waals surface area contributed by atoms with Crippen LogP contribution >= 0.6 is 0 Å². The molecule has 5 aliphatic rings. The van der Waals surface area contributed by atoms with Crippen molar-refractivity contribution in [3.05, 3.63) is 23.5 Å². The summed E-state index contributed by atoms with van der Waals surface area (Å²) in [6.07, 6.45) is 18.1. The molecular weight excluding hydrogens is 450 g/mol. The van der Waals surface area contributed by atoms with Crippen molar-refractivity contribution in [1.29, 1.82) is 0 Å². The first kappa shape index (κ1) is 26.2. The van der Waals surface area contributed by atoms with Gasteiger partial charge in [-0.2, -0.15) is 0 Å². The van der Waals surface area contributed by atoms with Crippen LogP contribution in [-0.2, 0) is 9.53 Å². The van der Waals surface area contributed by atoms with E-state index in [-0.39, 0.29) is 22.9 Å². The van der Waals surface area contributed by atoms with Crippen molar-refractivity contribution in [2.24, 2.45) is 46.2 Å². The minimum Gasteiger partial charge on any atom is -0.400 e. The van der Waals surface area contributed by atoms with E-state index >= 15 is 0 Å². The van der Waals surface area contributed by atoms with Gasteiger partial charge in [-0.05, 0) is 112 Å². The van der Waals surface area contributed by atoms with E-state index in [0.29, 0.717) is 36.0 Å². The molecule has 5 aliphatic carbocycles. The molecular formula is C30H49N3O3. The first-order chi connectivity index (χ1) is 17.4. The molecule has 0 aromatic carbocycles. The molecule has 5 rings (SSSR count). The van der Waals surface area contributed by atoms with Gasteiger partial charge >= 0.3 is 0 Å². The van der Waals surface area contributed by atoms with Gasteiger partial charge in [-0.15, -0.1) is 0 Å². The number of hydrazine groups is 1. The number of carbonyl (C=O) groups is 1. The lowest BCUT2D eigenvalue weighted by molar-refractivity contribution is -0.160. The van der Waals surface area contributed by atoms with Gasteiger partial charge in [-0.25, -0.2) is 5.43 Å². The summed E-state index contributed by atoms with van der Waals surface area (Å²) in [6, 6.07) is 0. The first-order valence-corrected chi connectivity index (χ1v) is 14.7. The molecule has 0 bridgehead atoms. The number of hydrogen-bond donors (Lipinski definition) is 4. The number of rotatable bonds is 7. The number of Topliss-reactive ketones (excluding diaryl/α,β-unsaturated/α-hetero) is 1. The molecule has 4 fully saturated rings. The molecule has 0 amide bonds. The predicted octanol–water partition coefficient (Wildman–Crippen LogP) is 4.60. The third-order valence-electron chi connectivity index (χ3n) is 11.3. The number of methoxy groups -OCH3 is 1. The largest absolute Gasteiger partial charge is 0.400 e. The topological polar surface area (TPSA) is 96.6 Å². The van der Waals surface area contributed by atoms with Crippen molar-refractivity contribution in [2.75, 3.05) is 20.3 Å². The average molecular weight is 500 g/mol. The van der Waals surface area contributed by atoms with Crippen molar-refractivity contribution in [1.82, 2.24) is 10.9 Å². The van der Waals surface area contributed by atoms with E-state index in [9.17, 15) is 9.90 Å². The number of hydrogen-bond acceptors (Lipinski definition) is 6. The molecule has 8 atom stereocenters. The molecule has 6 nitrogen and oxygen atoms in total. The van der Waals surface area contributed by atoms with E-state index in [4.69, 9.17) is 10.5 Å². The summed E-state index contributed by atoms with van der Waals surface area (Å²) in [4.78, 5) is 13.5. The highest BCUT2D eigenvalue weighted by molar-refractivity contribution is 5.84. The number of aliphatic hydroxyl groups excluding tert-OH is 1. The molecule has 0 spiro atoms. The van der Waals surface area contributed by atoms with Crippen LogP contribution in [0.4, 0.5) is 0 Å². The lowest BCUT2D eigenvalue weighted by atomic mass is 9.44. The van der Waals surface area contributed by atoms with Gasteiger partial charge in [-0.1, -0.05) is 19.1 Å². The Kier molecular flexibility index (Phi) is 7.86. The van der Waals surface area contributed by atoms with Crippen LogP contribution < -0.4 is 16.6 Å². The Hall–Kier alpha value is -1.37. The third kappa shape index (κ3) is 4.67. The van der Waals surface area contributed by atoms with Gasteiger partial charge < -0.3 is 21.0 Å². The number of fused-ring (bicyclic) bond motifs is 5. The number of allylic oxidation sites excluding steroid dienone is 3. The molecule has 0 aromatic rings. The van der Waals surface area contributed by atoms with Crippen LogP contribution in [-0.4, -0.2) is 37.3 Å². The second-order valence-electron chi connectivity index (χ2n) is 12.9. The summed E-state index contributed by atoms with van der Waals surface area (Å²) in [5.41, 5.74) is 15.0. The van der Waals surface area contributed by atoms with Gasteiger partial charge in [0.1, 0.15) is 0 Å². The Labute approximate surface area is 217 Å². The first-order valence-electron chi connectivity index (χ1n) is 14.7. The van der Waals surface area contributed by atoms with Crippen LogP contribution in [0.1, 0.15) is 90.4 Å². The molecule has 202 valence electrons. The van der Waals surface area contributed by atoms with Gasteiger partial charge in [0.15, 0.2) is 5.78 Å². The Morgan fingerprint density at radius 3 is 2.83 bits per heavy atom. The van der Waals surface area contributed by atoms with Crippen LogP contribution in [0.3, 0.4) is 0 Å². The Balaban J connectivity index is 1.24. The zero-order chi connectivity index (χ0) is 25.3. The minimum absolute atomic E-state index is 0.110. The van der Waals surface area contributed by atoms with Gasteiger partial charge in [0.05, 0.1) is 19.3 Å². The maximum absolute atomic E-state index is 13.5. The Bertz CT molecular complexity index is 872. The van der Waals surface area contributed by atoms with Crippen molar-refractivity contribution in [3.63, 3.8) is 0 Å². The molecule has 0 heterocycles. The second kappa shape index (κ2) is 10.8. The van der Waals surface area contributed by atoms with Crippen LogP contribution in [0.25, 0.3) is 0 Å². The average Bonchev–Trinajstić information content (AvgIpc) is 3.21. The van der Waals surface area contributed by atoms with Gasteiger partial charge in [-0.3, -0.25) is 4.79 Å². The third-order valence-corrected chi connectivity index (χ3v) is 11.3. The highest BCUT2D eigenvalue weighted by Gasteiger charge is 2.62. The van der Waals surface area contributed by atoms with Gasteiger partial charge in [0, 0.05) is 30.8 Å². The summed E-state index contributed by atoms with van der Waals surface area (Å²) in [7, 11) is 1.86. The van der Waals surface area contributed by atoms with E-state index in [1.54, 1.807) is 0 Å². The quantitative estimate of drug-likeness (QED) is 0.302. The lowest BCUT2D eigenvalue weighted by Gasteiger charge is -2.61. The molecule has 36 heavy (non-hydrogen) atoms. The van der Waals surface area contributed by atoms with Crippen LogP contribution in [0.2, 0.25) is 0 Å². The smallest absolute Gasteiger partial charge is 0.152 e. The van der Waals surface area contributed by atoms with Gasteiger partial charge in [0.2, 0.25) is 0 Å². The number of ether oxygens (including phenoxy) is 1. The van der Waals surface area contributed by atoms with E-state index in [1.165, 1.54) is 25.7 Å². The summed E-state index contributed by atoms with van der Waals surface area (Å²) in [5, 5.41) is 10.4. The Morgan fingerprint density at radius 2 is 2.00 bits per heavy atom. The van der Waals surface area contributed by atoms with Crippen molar-refractivity contribution in [2.45, 2.75) is 96.5 Å². The number of carbonyl (C=O) groups excluding carboxylic acids is 1. The van der Waals surface area contributed by atoms with E-state index in [0.717, 1.165) is 75.8 Å². The molecule has 6 heteroatoms. The zero-order valence-corrected chi connectivity index (χ0v) is 22.6. The number of nitrogens with two attached hydrogens (primary N) is 1. The maximum Gasteiger partial charge on any atom is 0.152 e. The molecule has 0 saturated heterocycles. The molecule has 5 N–H and O–H groups in total. The summed E-state index contributed by atoms with van der Waals surface area (Å²) in [6.45, 7) is 3.63. The SMILES string of the molecule is COC[C@]12CC[C@@H](O)C[C@@H]1CC[C@H]1[C@@H]3CC[C@H](C(=O)CNN/C4=C(/N)C/C=C\CCC4)[C@@]3(C)CC[C@@H]12. The van der Waals surface area contributed by atoms with Crippen molar-refractivity contribution >= 4 is 5.78 Å². The number of ketones is 1. The summed E-state index contributed by atoms with van der Waals surface area (Å²) in [5.74, 6) is 3.10. The fourth-order valence-corrected chi connectivity index (χ4v) is 9.62. The van der Waals surface area contributed by atoms with E-state index in [1.807, 2.05) is 7.11 Å². The molecule has 0 unspecified atom stereocenters. The van der Waals surface area contributed by atoms with Crippen LogP contribution in [0.5, 0.6) is 0 Å². The van der Waals surface area contributed by atoms with E-state index in [2.05, 4.69) is 29.9 Å². The molecule has 0 aromatic heterocycles.